The van der Waals surface area contributed by atoms with Crippen molar-refractivity contribution in [2.75, 3.05) is 13.1 Å². The van der Waals surface area contributed by atoms with Crippen LogP contribution in [-0.4, -0.2) is 34.8 Å². The number of piperidine rings is 1. The van der Waals surface area contributed by atoms with E-state index >= 15 is 0 Å². The van der Waals surface area contributed by atoms with Gasteiger partial charge >= 0.3 is 5.97 Å². The van der Waals surface area contributed by atoms with Gasteiger partial charge in [-0.15, -0.1) is 11.3 Å². The number of carbonyl (C=O) groups is 2. The quantitative estimate of drug-likeness (QED) is 0.714. The highest BCUT2D eigenvalue weighted by molar-refractivity contribution is 7.13. The maximum atomic E-state index is 13.0. The molecule has 150 valence electrons. The van der Waals surface area contributed by atoms with Crippen LogP contribution < -0.4 is 0 Å². The van der Waals surface area contributed by atoms with E-state index in [1.807, 2.05) is 31.1 Å². The van der Waals surface area contributed by atoms with E-state index in [1.54, 1.807) is 12.1 Å². The number of carbonyl (C=O) groups excluding carboxylic acids is 2. The second-order valence-electron chi connectivity index (χ2n) is 8.08. The van der Waals surface area contributed by atoms with Gasteiger partial charge in [0.15, 0.2) is 0 Å². The summed E-state index contributed by atoms with van der Waals surface area (Å²) in [5, 5.41) is 2.61. The smallest absolute Gasteiger partial charge is 0.309 e. The summed E-state index contributed by atoms with van der Waals surface area (Å²) in [5.74, 6) is -0.585. The number of likely N-dealkylation sites (tertiary alicyclic amines) is 1. The van der Waals surface area contributed by atoms with Crippen LogP contribution in [0.4, 0.5) is 4.39 Å². The van der Waals surface area contributed by atoms with Crippen LogP contribution in [0.5, 0.6) is 0 Å². The Morgan fingerprint density at radius 3 is 2.46 bits per heavy atom. The van der Waals surface area contributed by atoms with Crippen molar-refractivity contribution >= 4 is 23.2 Å². The third kappa shape index (κ3) is 4.95. The zero-order chi connectivity index (χ0) is 20.3. The molecule has 3 rings (SSSR count). The topological polar surface area (TPSA) is 59.5 Å². The fourth-order valence-corrected chi connectivity index (χ4v) is 3.96. The average molecular weight is 405 g/mol. The summed E-state index contributed by atoms with van der Waals surface area (Å²) in [6.07, 6.45) is 1.25. The number of thiazole rings is 1. The van der Waals surface area contributed by atoms with Crippen LogP contribution in [0.25, 0.3) is 10.6 Å². The van der Waals surface area contributed by atoms with E-state index in [0.717, 1.165) is 10.6 Å². The number of halogens is 1. The van der Waals surface area contributed by atoms with Gasteiger partial charge in [0.1, 0.15) is 17.4 Å². The molecule has 0 radical (unpaired) electrons. The molecule has 0 aliphatic carbocycles. The zero-order valence-corrected chi connectivity index (χ0v) is 17.2. The summed E-state index contributed by atoms with van der Waals surface area (Å²) >= 11 is 1.43. The molecule has 1 aromatic heterocycles. The second-order valence-corrected chi connectivity index (χ2v) is 8.93. The number of aromatic nitrogens is 1. The molecule has 2 aromatic rings. The van der Waals surface area contributed by atoms with Gasteiger partial charge in [0, 0.05) is 29.4 Å². The van der Waals surface area contributed by atoms with Gasteiger partial charge < -0.3 is 9.64 Å². The summed E-state index contributed by atoms with van der Waals surface area (Å²) in [5.41, 5.74) is 1.11. The summed E-state index contributed by atoms with van der Waals surface area (Å²) < 4.78 is 18.5. The van der Waals surface area contributed by atoms with Crippen LogP contribution in [-0.2, 0) is 20.9 Å². The molecule has 1 aliphatic rings. The molecule has 0 bridgehead atoms. The van der Waals surface area contributed by atoms with Crippen molar-refractivity contribution in [2.24, 2.45) is 11.3 Å². The highest BCUT2D eigenvalue weighted by Crippen LogP contribution is 2.26. The summed E-state index contributed by atoms with van der Waals surface area (Å²) in [7, 11) is 0. The first kappa shape index (κ1) is 20.5. The Morgan fingerprint density at radius 2 is 1.86 bits per heavy atom. The van der Waals surface area contributed by atoms with Crippen LogP contribution in [0.2, 0.25) is 0 Å². The van der Waals surface area contributed by atoms with Crippen molar-refractivity contribution in [3.05, 3.63) is 41.2 Å². The van der Waals surface area contributed by atoms with Crippen molar-refractivity contribution in [1.82, 2.24) is 9.88 Å². The minimum atomic E-state index is -0.403. The van der Waals surface area contributed by atoms with E-state index < -0.39 is 5.41 Å². The number of esters is 1. The predicted molar refractivity (Wildman–Crippen MR) is 106 cm³/mol. The highest BCUT2D eigenvalue weighted by Gasteiger charge is 2.33. The van der Waals surface area contributed by atoms with E-state index in [4.69, 9.17) is 4.74 Å². The van der Waals surface area contributed by atoms with Crippen molar-refractivity contribution in [3.8, 4) is 10.6 Å². The lowest BCUT2D eigenvalue weighted by molar-refractivity contribution is -0.154. The number of ether oxygens (including phenoxy) is 1. The SMILES string of the molecule is CC(C)(C)C(=O)N1CCC(C(=O)OCc2csc(-c3ccc(F)cc3)n2)CC1. The zero-order valence-electron chi connectivity index (χ0n) is 16.4. The van der Waals surface area contributed by atoms with Gasteiger partial charge in [-0.25, -0.2) is 9.37 Å². The molecule has 1 fully saturated rings. The Morgan fingerprint density at radius 1 is 1.21 bits per heavy atom. The van der Waals surface area contributed by atoms with Crippen LogP contribution >= 0.6 is 11.3 Å². The molecule has 1 amide bonds. The fraction of sp³-hybridized carbons (Fsp3) is 0.476. The normalized spacial score (nSPS) is 15.5. The van der Waals surface area contributed by atoms with Crippen LogP contribution in [0.3, 0.4) is 0 Å². The monoisotopic (exact) mass is 404 g/mol. The lowest BCUT2D eigenvalue weighted by Gasteiger charge is -2.34. The maximum Gasteiger partial charge on any atom is 0.309 e. The van der Waals surface area contributed by atoms with E-state index in [-0.39, 0.29) is 30.2 Å². The molecule has 1 aromatic carbocycles. The number of amides is 1. The number of hydrogen-bond donors (Lipinski definition) is 0. The number of hydrogen-bond acceptors (Lipinski definition) is 5. The molecule has 5 nitrogen and oxygen atoms in total. The van der Waals surface area contributed by atoms with Crippen LogP contribution in [0, 0.1) is 17.2 Å². The van der Waals surface area contributed by atoms with E-state index in [2.05, 4.69) is 4.98 Å². The molecule has 0 atom stereocenters. The Hall–Kier alpha value is -2.28. The Kier molecular flexibility index (Phi) is 6.13. The largest absolute Gasteiger partial charge is 0.459 e. The van der Waals surface area contributed by atoms with Gasteiger partial charge in [0.25, 0.3) is 0 Å². The minimum absolute atomic E-state index is 0.120. The maximum absolute atomic E-state index is 13.0. The molecular formula is C21H25FN2O3S. The molecule has 0 unspecified atom stereocenters. The second kappa shape index (κ2) is 8.39. The Labute approximate surface area is 168 Å². The molecule has 0 saturated carbocycles. The van der Waals surface area contributed by atoms with Crippen molar-refractivity contribution in [3.63, 3.8) is 0 Å². The number of benzene rings is 1. The molecular weight excluding hydrogens is 379 g/mol. The molecule has 28 heavy (non-hydrogen) atoms. The van der Waals surface area contributed by atoms with Gasteiger partial charge in [-0.3, -0.25) is 9.59 Å². The van der Waals surface area contributed by atoms with Gasteiger partial charge in [0.05, 0.1) is 11.6 Å². The van der Waals surface area contributed by atoms with Crippen LogP contribution in [0.15, 0.2) is 29.6 Å². The van der Waals surface area contributed by atoms with Gasteiger partial charge in [0.2, 0.25) is 5.91 Å². The van der Waals surface area contributed by atoms with Gasteiger partial charge in [-0.1, -0.05) is 20.8 Å². The lowest BCUT2D eigenvalue weighted by atomic mass is 9.91. The molecule has 2 heterocycles. The summed E-state index contributed by atoms with van der Waals surface area (Å²) in [6.45, 7) is 7.01. The number of rotatable bonds is 4. The van der Waals surface area contributed by atoms with Crippen molar-refractivity contribution < 1.29 is 18.7 Å². The molecule has 1 aliphatic heterocycles. The first-order chi connectivity index (χ1) is 13.2. The predicted octanol–water partition coefficient (Wildman–Crippen LogP) is 4.28. The fourth-order valence-electron chi connectivity index (χ4n) is 3.15. The van der Waals surface area contributed by atoms with Crippen molar-refractivity contribution in [2.45, 2.75) is 40.2 Å². The average Bonchev–Trinajstić information content (AvgIpc) is 3.14. The van der Waals surface area contributed by atoms with E-state index in [0.29, 0.717) is 31.6 Å². The van der Waals surface area contributed by atoms with Crippen LogP contribution in [0.1, 0.15) is 39.3 Å². The summed E-state index contributed by atoms with van der Waals surface area (Å²) in [6, 6.07) is 6.15. The standard InChI is InChI=1S/C21H25FN2O3S/c1-21(2,3)20(26)24-10-8-15(9-11-24)19(25)27-12-17-13-28-18(23-17)14-4-6-16(22)7-5-14/h4-7,13,15H,8-12H2,1-3H3. The van der Waals surface area contributed by atoms with E-state index in [9.17, 15) is 14.0 Å². The minimum Gasteiger partial charge on any atom is -0.459 e. The molecule has 7 heteroatoms. The Balaban J connectivity index is 1.49. The van der Waals surface area contributed by atoms with E-state index in [1.165, 1.54) is 23.5 Å². The van der Waals surface area contributed by atoms with Crippen molar-refractivity contribution in [1.29, 1.82) is 0 Å². The number of nitrogens with zero attached hydrogens (tertiary/aromatic N) is 2. The summed E-state index contributed by atoms with van der Waals surface area (Å²) in [4.78, 5) is 31.0. The van der Waals surface area contributed by atoms with Gasteiger partial charge in [-0.2, -0.15) is 0 Å². The van der Waals surface area contributed by atoms with Gasteiger partial charge in [-0.05, 0) is 37.1 Å². The third-order valence-corrected chi connectivity index (χ3v) is 5.70. The first-order valence-corrected chi connectivity index (χ1v) is 10.3. The molecule has 0 N–H and O–H groups in total. The Bertz CT molecular complexity index is 834. The lowest BCUT2D eigenvalue weighted by Crippen LogP contribution is -2.45. The molecule has 0 spiro atoms. The molecule has 1 saturated heterocycles. The third-order valence-electron chi connectivity index (χ3n) is 4.76. The first-order valence-electron chi connectivity index (χ1n) is 9.40. The highest BCUT2D eigenvalue weighted by atomic mass is 32.1.